The van der Waals surface area contributed by atoms with E-state index in [0.29, 0.717) is 17.8 Å². The molecule has 2 atom stereocenters. The number of benzene rings is 2. The van der Waals surface area contributed by atoms with Gasteiger partial charge in [0.05, 0.1) is 17.6 Å². The number of hydrogen-bond donors (Lipinski definition) is 1. The SMILES string of the molecule is CCN1C(=O)[C@]2(c3ccccc31)[C@H](c1ccccc1)C(C#N)=C(N)N2C(=O)OC(C)(C)C. The van der Waals surface area contributed by atoms with Gasteiger partial charge in [-0.2, -0.15) is 5.26 Å². The summed E-state index contributed by atoms with van der Waals surface area (Å²) >= 11 is 0. The molecule has 1 spiro atoms. The zero-order valence-corrected chi connectivity index (χ0v) is 18.6. The van der Waals surface area contributed by atoms with Crippen LogP contribution in [0, 0.1) is 11.3 Å². The molecule has 7 nitrogen and oxygen atoms in total. The van der Waals surface area contributed by atoms with Gasteiger partial charge in [0.1, 0.15) is 11.4 Å². The first-order valence-electron chi connectivity index (χ1n) is 10.6. The molecular formula is C25H26N4O3. The summed E-state index contributed by atoms with van der Waals surface area (Å²) in [5, 5.41) is 10.1. The highest BCUT2D eigenvalue weighted by Gasteiger charge is 2.67. The number of anilines is 1. The molecular weight excluding hydrogens is 404 g/mol. The number of likely N-dealkylation sites (N-methyl/N-ethyl adjacent to an activating group) is 1. The molecule has 2 aliphatic heterocycles. The normalized spacial score (nSPS) is 22.3. The summed E-state index contributed by atoms with van der Waals surface area (Å²) in [6.07, 6.45) is -0.762. The lowest BCUT2D eigenvalue weighted by atomic mass is 9.73. The van der Waals surface area contributed by atoms with Crippen molar-refractivity contribution in [2.24, 2.45) is 5.73 Å². The third-order valence-electron chi connectivity index (χ3n) is 5.90. The molecule has 0 unspecified atom stereocenters. The Morgan fingerprint density at radius 3 is 2.38 bits per heavy atom. The largest absolute Gasteiger partial charge is 0.443 e. The molecule has 4 rings (SSSR count). The zero-order chi connectivity index (χ0) is 23.3. The lowest BCUT2D eigenvalue weighted by Crippen LogP contribution is -2.56. The van der Waals surface area contributed by atoms with E-state index in [4.69, 9.17) is 10.5 Å². The molecule has 2 aromatic rings. The van der Waals surface area contributed by atoms with Crippen LogP contribution in [0.3, 0.4) is 0 Å². The minimum Gasteiger partial charge on any atom is -0.443 e. The average Bonchev–Trinajstić information content (AvgIpc) is 3.16. The summed E-state index contributed by atoms with van der Waals surface area (Å²) in [5.41, 5.74) is 6.30. The van der Waals surface area contributed by atoms with Gasteiger partial charge in [0.2, 0.25) is 0 Å². The number of amides is 2. The third kappa shape index (κ3) is 2.87. The molecule has 0 radical (unpaired) electrons. The highest BCUT2D eigenvalue weighted by molar-refractivity contribution is 6.11. The van der Waals surface area contributed by atoms with E-state index in [2.05, 4.69) is 6.07 Å². The fourth-order valence-electron chi connectivity index (χ4n) is 4.79. The van der Waals surface area contributed by atoms with Gasteiger partial charge < -0.3 is 15.4 Å². The Morgan fingerprint density at radius 1 is 1.16 bits per heavy atom. The van der Waals surface area contributed by atoms with Crippen LogP contribution in [-0.4, -0.2) is 29.0 Å². The van der Waals surface area contributed by atoms with Gasteiger partial charge in [-0.05, 0) is 39.3 Å². The number of nitriles is 1. The van der Waals surface area contributed by atoms with Gasteiger partial charge in [-0.3, -0.25) is 4.79 Å². The summed E-state index contributed by atoms with van der Waals surface area (Å²) < 4.78 is 5.68. The second kappa shape index (κ2) is 7.41. The van der Waals surface area contributed by atoms with Gasteiger partial charge in [0.15, 0.2) is 5.54 Å². The molecule has 164 valence electrons. The van der Waals surface area contributed by atoms with Crippen LogP contribution < -0.4 is 10.6 Å². The fourth-order valence-corrected chi connectivity index (χ4v) is 4.79. The highest BCUT2D eigenvalue weighted by Crippen LogP contribution is 2.59. The number of rotatable bonds is 2. The number of para-hydroxylation sites is 1. The molecule has 2 aliphatic rings. The summed E-state index contributed by atoms with van der Waals surface area (Å²) in [6.45, 7) is 7.52. The molecule has 7 heteroatoms. The Labute approximate surface area is 187 Å². The average molecular weight is 431 g/mol. The number of carbonyl (C=O) groups is 2. The predicted molar refractivity (Wildman–Crippen MR) is 120 cm³/mol. The van der Waals surface area contributed by atoms with Gasteiger partial charge >= 0.3 is 6.09 Å². The first-order valence-corrected chi connectivity index (χ1v) is 10.6. The van der Waals surface area contributed by atoms with E-state index in [0.717, 1.165) is 5.56 Å². The maximum absolute atomic E-state index is 14.2. The van der Waals surface area contributed by atoms with Gasteiger partial charge in [-0.1, -0.05) is 48.5 Å². The van der Waals surface area contributed by atoms with Crippen LogP contribution in [0.15, 0.2) is 66.0 Å². The van der Waals surface area contributed by atoms with Crippen LogP contribution in [0.1, 0.15) is 44.7 Å². The molecule has 0 saturated carbocycles. The monoisotopic (exact) mass is 430 g/mol. The topological polar surface area (TPSA) is 99.7 Å². The van der Waals surface area contributed by atoms with Gasteiger partial charge in [-0.15, -0.1) is 0 Å². The van der Waals surface area contributed by atoms with Crippen molar-refractivity contribution in [3.05, 3.63) is 77.1 Å². The number of nitrogens with two attached hydrogens (primary N) is 1. The second-order valence-corrected chi connectivity index (χ2v) is 8.90. The minimum atomic E-state index is -1.55. The van der Waals surface area contributed by atoms with Crippen LogP contribution in [-0.2, 0) is 15.1 Å². The molecule has 32 heavy (non-hydrogen) atoms. The van der Waals surface area contributed by atoms with Crippen LogP contribution in [0.2, 0.25) is 0 Å². The van der Waals surface area contributed by atoms with Crippen molar-refractivity contribution in [1.29, 1.82) is 5.26 Å². The van der Waals surface area contributed by atoms with Gasteiger partial charge in [0.25, 0.3) is 5.91 Å². The molecule has 0 bridgehead atoms. The van der Waals surface area contributed by atoms with Crippen molar-refractivity contribution in [3.63, 3.8) is 0 Å². The zero-order valence-electron chi connectivity index (χ0n) is 18.6. The van der Waals surface area contributed by atoms with Crippen molar-refractivity contribution in [2.45, 2.75) is 44.8 Å². The molecule has 0 aliphatic carbocycles. The van der Waals surface area contributed by atoms with Crippen LogP contribution in [0.5, 0.6) is 0 Å². The Morgan fingerprint density at radius 2 is 1.78 bits per heavy atom. The summed E-state index contributed by atoms with van der Waals surface area (Å²) in [7, 11) is 0. The van der Waals surface area contributed by atoms with Gasteiger partial charge in [0, 0.05) is 17.8 Å². The van der Waals surface area contributed by atoms with E-state index in [9.17, 15) is 14.9 Å². The second-order valence-electron chi connectivity index (χ2n) is 8.90. The Hall–Kier alpha value is -3.79. The molecule has 0 saturated heterocycles. The Balaban J connectivity index is 2.07. The smallest absolute Gasteiger partial charge is 0.417 e. The Kier molecular flexibility index (Phi) is 4.97. The summed E-state index contributed by atoms with van der Waals surface area (Å²) in [4.78, 5) is 30.5. The van der Waals surface area contributed by atoms with Crippen molar-refractivity contribution in [1.82, 2.24) is 4.90 Å². The van der Waals surface area contributed by atoms with E-state index in [1.165, 1.54) is 4.90 Å². The maximum Gasteiger partial charge on any atom is 0.417 e. The molecule has 2 amide bonds. The molecule has 2 N–H and O–H groups in total. The van der Waals surface area contributed by atoms with Crippen molar-refractivity contribution < 1.29 is 14.3 Å². The first kappa shape index (κ1) is 21.4. The predicted octanol–water partition coefficient (Wildman–Crippen LogP) is 3.98. The number of hydrogen-bond acceptors (Lipinski definition) is 5. The number of carbonyl (C=O) groups excluding carboxylic acids is 2. The Bertz CT molecular complexity index is 1160. The fraction of sp³-hybridized carbons (Fsp3) is 0.320. The molecule has 2 aromatic carbocycles. The van der Waals surface area contributed by atoms with Crippen molar-refractivity contribution in [3.8, 4) is 6.07 Å². The standard InChI is InChI=1S/C25H26N4O3/c1-5-28-19-14-10-9-13-18(19)25(22(28)30)20(16-11-7-6-8-12-16)17(15-26)21(27)29(25)23(31)32-24(2,3)4/h6-14,20H,5,27H2,1-4H3/t20-,25+/m1/s1. The third-order valence-corrected chi connectivity index (χ3v) is 5.90. The molecule has 0 fully saturated rings. The van der Waals surface area contributed by atoms with E-state index in [-0.39, 0.29) is 17.3 Å². The van der Waals surface area contributed by atoms with Crippen molar-refractivity contribution in [2.75, 3.05) is 11.4 Å². The highest BCUT2D eigenvalue weighted by atomic mass is 16.6. The summed E-state index contributed by atoms with van der Waals surface area (Å²) in [6, 6.07) is 18.8. The molecule has 2 heterocycles. The van der Waals surface area contributed by atoms with Crippen LogP contribution in [0.25, 0.3) is 0 Å². The van der Waals surface area contributed by atoms with E-state index in [1.54, 1.807) is 25.7 Å². The van der Waals surface area contributed by atoms with E-state index < -0.39 is 23.2 Å². The van der Waals surface area contributed by atoms with Crippen LogP contribution in [0.4, 0.5) is 10.5 Å². The number of ether oxygens (including phenoxy) is 1. The first-order chi connectivity index (χ1) is 15.2. The summed E-state index contributed by atoms with van der Waals surface area (Å²) in [5.74, 6) is -1.14. The lowest BCUT2D eigenvalue weighted by molar-refractivity contribution is -0.128. The van der Waals surface area contributed by atoms with Crippen molar-refractivity contribution >= 4 is 17.7 Å². The lowest BCUT2D eigenvalue weighted by Gasteiger charge is -2.39. The minimum absolute atomic E-state index is 0.0586. The number of fused-ring (bicyclic) bond motifs is 2. The van der Waals surface area contributed by atoms with Crippen LogP contribution >= 0.6 is 0 Å². The number of nitrogens with zero attached hydrogens (tertiary/aromatic N) is 3. The van der Waals surface area contributed by atoms with E-state index >= 15 is 0 Å². The van der Waals surface area contributed by atoms with Gasteiger partial charge in [-0.25, -0.2) is 9.69 Å². The quantitative estimate of drug-likeness (QED) is 0.777. The maximum atomic E-state index is 14.2. The molecule has 0 aromatic heterocycles. The van der Waals surface area contributed by atoms with E-state index in [1.807, 2.05) is 61.5 Å².